The molecule has 9 heteroatoms. The van der Waals surface area contributed by atoms with E-state index >= 15 is 0 Å². The van der Waals surface area contributed by atoms with Crippen LogP contribution in [0.4, 0.5) is 9.18 Å². The first kappa shape index (κ1) is 23.9. The largest absolute Gasteiger partial charge is 0.342 e. The van der Waals surface area contributed by atoms with Crippen molar-refractivity contribution >= 4 is 74.7 Å². The standard InChI is InChI=1S/C26H16Cl3FN2O2S/c27-19-6-3-7-20(28)17(19)13-31-12-15(16-5-1-2-10-23(16)31)11-24-25(33)32(26(34)35-24)14-18-21(29)8-4-9-22(18)30/h1-12H,13-14H2. The lowest BCUT2D eigenvalue weighted by Gasteiger charge is -2.14. The Labute approximate surface area is 219 Å². The van der Waals surface area contributed by atoms with Crippen LogP contribution in [0.1, 0.15) is 16.7 Å². The van der Waals surface area contributed by atoms with Gasteiger partial charge in [-0.25, -0.2) is 4.39 Å². The highest BCUT2D eigenvalue weighted by atomic mass is 35.5. The fraction of sp³-hybridized carbons (Fsp3) is 0.0769. The molecule has 0 atom stereocenters. The van der Waals surface area contributed by atoms with Gasteiger partial charge in [-0.2, -0.15) is 0 Å². The molecule has 35 heavy (non-hydrogen) atoms. The first-order valence-corrected chi connectivity index (χ1v) is 12.5. The number of hydrogen-bond donors (Lipinski definition) is 0. The lowest BCUT2D eigenvalue weighted by atomic mass is 10.1. The second-order valence-electron chi connectivity index (χ2n) is 7.90. The van der Waals surface area contributed by atoms with Gasteiger partial charge >= 0.3 is 0 Å². The minimum atomic E-state index is -0.568. The summed E-state index contributed by atoms with van der Waals surface area (Å²) in [4.78, 5) is 27.0. The van der Waals surface area contributed by atoms with E-state index in [1.807, 2.05) is 35.0 Å². The summed E-state index contributed by atoms with van der Waals surface area (Å²) in [5.74, 6) is -1.06. The molecule has 1 aliphatic rings. The molecule has 2 heterocycles. The van der Waals surface area contributed by atoms with Crippen molar-refractivity contribution < 1.29 is 14.0 Å². The highest BCUT2D eigenvalue weighted by Gasteiger charge is 2.36. The van der Waals surface area contributed by atoms with E-state index in [9.17, 15) is 14.0 Å². The molecular weight excluding hydrogens is 530 g/mol. The molecule has 0 radical (unpaired) electrons. The van der Waals surface area contributed by atoms with Crippen molar-refractivity contribution in [2.24, 2.45) is 0 Å². The zero-order valence-corrected chi connectivity index (χ0v) is 21.1. The van der Waals surface area contributed by atoms with Crippen LogP contribution < -0.4 is 0 Å². The monoisotopic (exact) mass is 544 g/mol. The van der Waals surface area contributed by atoms with Crippen molar-refractivity contribution in [2.45, 2.75) is 13.1 Å². The average molecular weight is 546 g/mol. The number of imide groups is 1. The van der Waals surface area contributed by atoms with Gasteiger partial charge < -0.3 is 4.57 Å². The summed E-state index contributed by atoms with van der Waals surface area (Å²) >= 11 is 19.7. The molecule has 0 aliphatic carbocycles. The average Bonchev–Trinajstić information content (AvgIpc) is 3.30. The number of nitrogens with zero attached hydrogens (tertiary/aromatic N) is 2. The van der Waals surface area contributed by atoms with Gasteiger partial charge in [0.15, 0.2) is 0 Å². The van der Waals surface area contributed by atoms with Gasteiger partial charge in [-0.05, 0) is 48.2 Å². The van der Waals surface area contributed by atoms with Crippen molar-refractivity contribution in [3.63, 3.8) is 0 Å². The molecule has 1 fully saturated rings. The number of amides is 2. The van der Waals surface area contributed by atoms with Crippen LogP contribution in [0.5, 0.6) is 0 Å². The zero-order chi connectivity index (χ0) is 24.7. The smallest absolute Gasteiger partial charge is 0.293 e. The van der Waals surface area contributed by atoms with Gasteiger partial charge in [0.1, 0.15) is 5.82 Å². The van der Waals surface area contributed by atoms with Gasteiger partial charge in [0.05, 0.1) is 18.0 Å². The number of halogens is 4. The molecule has 0 N–H and O–H groups in total. The van der Waals surface area contributed by atoms with E-state index < -0.39 is 17.0 Å². The van der Waals surface area contributed by atoms with E-state index in [1.165, 1.54) is 18.2 Å². The molecule has 4 aromatic rings. The predicted molar refractivity (Wildman–Crippen MR) is 140 cm³/mol. The zero-order valence-electron chi connectivity index (χ0n) is 18.0. The fourth-order valence-corrected chi connectivity index (χ4v) is 5.56. The molecule has 3 aromatic carbocycles. The molecule has 1 aromatic heterocycles. The van der Waals surface area contributed by atoms with E-state index in [1.54, 1.807) is 24.3 Å². The van der Waals surface area contributed by atoms with Crippen molar-refractivity contribution in [2.75, 3.05) is 0 Å². The Kier molecular flexibility index (Phi) is 6.64. The van der Waals surface area contributed by atoms with Gasteiger partial charge in [0.25, 0.3) is 11.1 Å². The number of benzene rings is 3. The molecule has 1 aliphatic heterocycles. The number of rotatable bonds is 5. The Hall–Kier alpha value is -2.77. The van der Waals surface area contributed by atoms with Gasteiger partial charge in [0.2, 0.25) is 0 Å². The molecule has 5 rings (SSSR count). The first-order chi connectivity index (χ1) is 16.8. The highest BCUT2D eigenvalue weighted by Crippen LogP contribution is 2.36. The topological polar surface area (TPSA) is 42.3 Å². The van der Waals surface area contributed by atoms with Gasteiger partial charge in [-0.15, -0.1) is 0 Å². The number of carbonyl (C=O) groups is 2. The van der Waals surface area contributed by atoms with Gasteiger partial charge in [-0.1, -0.05) is 65.1 Å². The summed E-state index contributed by atoms with van der Waals surface area (Å²) in [6.45, 7) is 0.195. The Bertz CT molecular complexity index is 1490. The van der Waals surface area contributed by atoms with E-state index in [0.29, 0.717) is 16.6 Å². The van der Waals surface area contributed by atoms with Crippen molar-refractivity contribution in [1.82, 2.24) is 9.47 Å². The fourth-order valence-electron chi connectivity index (χ4n) is 3.99. The Morgan fingerprint density at radius 3 is 2.20 bits per heavy atom. The van der Waals surface area contributed by atoms with Crippen LogP contribution >= 0.6 is 46.6 Å². The minimum Gasteiger partial charge on any atom is -0.342 e. The molecule has 176 valence electrons. The quantitative estimate of drug-likeness (QED) is 0.238. The highest BCUT2D eigenvalue weighted by molar-refractivity contribution is 8.18. The molecule has 2 amide bonds. The first-order valence-electron chi connectivity index (χ1n) is 10.5. The van der Waals surface area contributed by atoms with Crippen molar-refractivity contribution in [3.05, 3.63) is 109 Å². The number of aromatic nitrogens is 1. The number of hydrogen-bond acceptors (Lipinski definition) is 3. The van der Waals surface area contributed by atoms with E-state index in [4.69, 9.17) is 34.8 Å². The lowest BCUT2D eigenvalue weighted by Crippen LogP contribution is -2.28. The molecule has 4 nitrogen and oxygen atoms in total. The van der Waals surface area contributed by atoms with Gasteiger partial charge in [0, 0.05) is 48.9 Å². The maximum Gasteiger partial charge on any atom is 0.293 e. The Balaban J connectivity index is 1.49. The molecule has 0 spiro atoms. The second kappa shape index (κ2) is 9.70. The Morgan fingerprint density at radius 1 is 0.829 bits per heavy atom. The Morgan fingerprint density at radius 2 is 1.49 bits per heavy atom. The number of carbonyl (C=O) groups excluding carboxylic acids is 2. The van der Waals surface area contributed by atoms with Gasteiger partial charge in [-0.3, -0.25) is 14.5 Å². The summed E-state index contributed by atoms with van der Waals surface area (Å²) in [7, 11) is 0. The van der Waals surface area contributed by atoms with Crippen LogP contribution in [0.3, 0.4) is 0 Å². The minimum absolute atomic E-state index is 0.103. The van der Waals surface area contributed by atoms with Crippen molar-refractivity contribution in [1.29, 1.82) is 0 Å². The van der Waals surface area contributed by atoms with E-state index in [0.717, 1.165) is 38.7 Å². The third kappa shape index (κ3) is 4.59. The summed E-state index contributed by atoms with van der Waals surface area (Å²) in [6, 6.07) is 17.3. The van der Waals surface area contributed by atoms with Crippen LogP contribution in [0, 0.1) is 5.82 Å². The summed E-state index contributed by atoms with van der Waals surface area (Å²) in [5, 5.41) is 1.70. The molecule has 0 bridgehead atoms. The second-order valence-corrected chi connectivity index (χ2v) is 10.1. The van der Waals surface area contributed by atoms with Crippen LogP contribution in [0.15, 0.2) is 71.8 Å². The third-order valence-electron chi connectivity index (χ3n) is 5.75. The third-order valence-corrected chi connectivity index (χ3v) is 7.72. The number of thioether (sulfide) groups is 1. The molecule has 1 saturated heterocycles. The van der Waals surface area contributed by atoms with Crippen LogP contribution in [-0.2, 0) is 17.9 Å². The van der Waals surface area contributed by atoms with Crippen molar-refractivity contribution in [3.8, 4) is 0 Å². The normalized spacial score (nSPS) is 15.1. The van der Waals surface area contributed by atoms with Crippen LogP contribution in [0.25, 0.3) is 17.0 Å². The van der Waals surface area contributed by atoms with Crippen LogP contribution in [-0.4, -0.2) is 20.6 Å². The summed E-state index contributed by atoms with van der Waals surface area (Å²) in [5.41, 5.74) is 2.57. The number of para-hydroxylation sites is 1. The molecule has 0 unspecified atom stereocenters. The molecular formula is C26H16Cl3FN2O2S. The number of fused-ring (bicyclic) bond motifs is 1. The maximum absolute atomic E-state index is 14.2. The summed E-state index contributed by atoms with van der Waals surface area (Å²) < 4.78 is 16.2. The summed E-state index contributed by atoms with van der Waals surface area (Å²) in [6.07, 6.45) is 3.58. The van der Waals surface area contributed by atoms with E-state index in [-0.39, 0.29) is 22.0 Å². The SMILES string of the molecule is O=C1SC(=Cc2cn(Cc3c(Cl)cccc3Cl)c3ccccc23)C(=O)N1Cc1c(F)cccc1Cl. The lowest BCUT2D eigenvalue weighted by molar-refractivity contribution is -0.123. The van der Waals surface area contributed by atoms with Crippen LogP contribution in [0.2, 0.25) is 15.1 Å². The predicted octanol–water partition coefficient (Wildman–Crippen LogP) is 8.03. The molecule has 0 saturated carbocycles. The maximum atomic E-state index is 14.2. The van der Waals surface area contributed by atoms with E-state index in [2.05, 4.69) is 0 Å².